The summed E-state index contributed by atoms with van der Waals surface area (Å²) in [6.07, 6.45) is -2.36. The molecule has 1 aliphatic rings. The number of halogens is 3. The average molecular weight is 338 g/mol. The molecule has 1 aromatic carbocycles. The number of hydrogen-bond acceptors (Lipinski definition) is 3. The third-order valence-corrected chi connectivity index (χ3v) is 3.66. The van der Waals surface area contributed by atoms with Crippen LogP contribution in [0.1, 0.15) is 28.0 Å². The maximum absolute atomic E-state index is 12.2. The minimum Gasteiger partial charge on any atom is -0.406 e. The minimum atomic E-state index is -4.82. The molecule has 0 atom stereocenters. The van der Waals surface area contributed by atoms with Crippen LogP contribution in [0.5, 0.6) is 5.75 Å². The smallest absolute Gasteiger partial charge is 0.406 e. The lowest BCUT2D eigenvalue weighted by Crippen LogP contribution is -2.24. The molecule has 2 aromatic rings. The van der Waals surface area contributed by atoms with Crippen molar-refractivity contribution in [2.45, 2.75) is 25.6 Å². The van der Waals surface area contributed by atoms with Gasteiger partial charge >= 0.3 is 6.36 Å². The number of aromatic amines is 1. The van der Waals surface area contributed by atoms with E-state index in [-0.39, 0.29) is 11.3 Å². The molecular formula is C16H13F3N2O3. The molecule has 0 saturated heterocycles. The van der Waals surface area contributed by atoms with Crippen LogP contribution >= 0.6 is 0 Å². The number of hydrogen-bond donors (Lipinski definition) is 2. The number of nitrogens with one attached hydrogen (secondary N) is 2. The Kier molecular flexibility index (Phi) is 4.04. The monoisotopic (exact) mass is 338 g/mol. The van der Waals surface area contributed by atoms with Gasteiger partial charge in [0.15, 0.2) is 0 Å². The second kappa shape index (κ2) is 6.03. The van der Waals surface area contributed by atoms with Gasteiger partial charge in [-0.1, -0.05) is 6.07 Å². The fraction of sp³-hybridized carbons (Fsp3) is 0.250. The minimum absolute atomic E-state index is 0.0715. The van der Waals surface area contributed by atoms with E-state index in [1.165, 1.54) is 18.2 Å². The van der Waals surface area contributed by atoms with Gasteiger partial charge in [-0.25, -0.2) is 0 Å². The molecule has 0 aliphatic heterocycles. The molecule has 0 spiro atoms. The van der Waals surface area contributed by atoms with Gasteiger partial charge in [0.05, 0.1) is 0 Å². The van der Waals surface area contributed by atoms with Crippen LogP contribution in [0, 0.1) is 0 Å². The molecule has 1 aliphatic carbocycles. The van der Waals surface area contributed by atoms with Gasteiger partial charge in [-0.2, -0.15) is 0 Å². The van der Waals surface area contributed by atoms with Crippen LogP contribution in [0.3, 0.4) is 0 Å². The number of pyridine rings is 1. The summed E-state index contributed by atoms with van der Waals surface area (Å²) < 4.78 is 40.5. The fourth-order valence-electron chi connectivity index (χ4n) is 2.65. The Bertz CT molecular complexity index is 843. The standard InChI is InChI=1S/C16H13F3N2O3/c17-16(18,19)24-11-5-2-4-10(8-11)20-14(22)12-7-9-3-1-6-13(9)21-15(12)23/h2,4-5,7-8H,1,3,6H2,(H,20,22)(H,21,23). The molecule has 5 nitrogen and oxygen atoms in total. The molecule has 1 aromatic heterocycles. The summed E-state index contributed by atoms with van der Waals surface area (Å²) in [6, 6.07) is 6.40. The van der Waals surface area contributed by atoms with Crippen LogP contribution in [0.25, 0.3) is 0 Å². The van der Waals surface area contributed by atoms with Crippen LogP contribution in [0.2, 0.25) is 0 Å². The van der Waals surface area contributed by atoms with Gasteiger partial charge in [0, 0.05) is 17.4 Å². The highest BCUT2D eigenvalue weighted by atomic mass is 19.4. The third kappa shape index (κ3) is 3.58. The van der Waals surface area contributed by atoms with Crippen LogP contribution < -0.4 is 15.6 Å². The van der Waals surface area contributed by atoms with E-state index in [1.807, 2.05) is 0 Å². The summed E-state index contributed by atoms with van der Waals surface area (Å²) in [7, 11) is 0. The molecule has 0 unspecified atom stereocenters. The lowest BCUT2D eigenvalue weighted by Gasteiger charge is -2.11. The Morgan fingerprint density at radius 2 is 2.00 bits per heavy atom. The van der Waals surface area contributed by atoms with Crippen LogP contribution in [-0.4, -0.2) is 17.3 Å². The molecule has 126 valence electrons. The Hall–Kier alpha value is -2.77. The average Bonchev–Trinajstić information content (AvgIpc) is 2.91. The number of alkyl halides is 3. The van der Waals surface area contributed by atoms with E-state index in [1.54, 1.807) is 0 Å². The number of aromatic nitrogens is 1. The van der Waals surface area contributed by atoms with Gasteiger partial charge in [-0.3, -0.25) is 9.59 Å². The summed E-state index contributed by atoms with van der Waals surface area (Å²) in [5.41, 5.74) is 1.25. The van der Waals surface area contributed by atoms with Gasteiger partial charge < -0.3 is 15.0 Å². The molecule has 8 heteroatoms. The van der Waals surface area contributed by atoms with Crippen molar-refractivity contribution in [1.82, 2.24) is 4.98 Å². The number of rotatable bonds is 3. The second-order valence-corrected chi connectivity index (χ2v) is 5.40. The Morgan fingerprint density at radius 1 is 1.21 bits per heavy atom. The molecule has 1 amide bonds. The summed E-state index contributed by atoms with van der Waals surface area (Å²) in [5, 5.41) is 2.41. The molecule has 2 N–H and O–H groups in total. The number of H-pyrrole nitrogens is 1. The van der Waals surface area contributed by atoms with E-state index in [0.717, 1.165) is 42.7 Å². The molecule has 0 bridgehead atoms. The highest BCUT2D eigenvalue weighted by molar-refractivity contribution is 6.04. The van der Waals surface area contributed by atoms with Crippen molar-refractivity contribution in [3.05, 3.63) is 57.5 Å². The first kappa shape index (κ1) is 16.1. The number of carbonyl (C=O) groups is 1. The summed E-state index contributed by atoms with van der Waals surface area (Å²) in [6.45, 7) is 0. The number of anilines is 1. The molecule has 24 heavy (non-hydrogen) atoms. The lowest BCUT2D eigenvalue weighted by molar-refractivity contribution is -0.274. The van der Waals surface area contributed by atoms with Crippen molar-refractivity contribution >= 4 is 11.6 Å². The quantitative estimate of drug-likeness (QED) is 0.904. The van der Waals surface area contributed by atoms with E-state index in [9.17, 15) is 22.8 Å². The largest absolute Gasteiger partial charge is 0.573 e. The SMILES string of the molecule is O=C(Nc1cccc(OC(F)(F)F)c1)c1cc2c([nH]c1=O)CCC2. The number of ether oxygens (including phenoxy) is 1. The first-order valence-corrected chi connectivity index (χ1v) is 7.24. The summed E-state index contributed by atoms with van der Waals surface area (Å²) in [4.78, 5) is 26.9. The van der Waals surface area contributed by atoms with Crippen LogP contribution in [0.4, 0.5) is 18.9 Å². The van der Waals surface area contributed by atoms with Crippen molar-refractivity contribution in [3.8, 4) is 5.75 Å². The van der Waals surface area contributed by atoms with Gasteiger partial charge in [0.2, 0.25) is 0 Å². The Labute approximate surface area is 134 Å². The van der Waals surface area contributed by atoms with E-state index in [2.05, 4.69) is 15.0 Å². The van der Waals surface area contributed by atoms with E-state index in [0.29, 0.717) is 0 Å². The van der Waals surface area contributed by atoms with Crippen LogP contribution in [0.15, 0.2) is 35.1 Å². The van der Waals surface area contributed by atoms with E-state index in [4.69, 9.17) is 0 Å². The van der Waals surface area contributed by atoms with Crippen molar-refractivity contribution in [2.24, 2.45) is 0 Å². The second-order valence-electron chi connectivity index (χ2n) is 5.40. The molecular weight excluding hydrogens is 325 g/mol. The number of fused-ring (bicyclic) bond motifs is 1. The number of amides is 1. The number of carbonyl (C=O) groups excluding carboxylic acids is 1. The molecule has 3 rings (SSSR count). The number of aryl methyl sites for hydroxylation is 2. The molecule has 0 radical (unpaired) electrons. The lowest BCUT2D eigenvalue weighted by atomic mass is 10.1. The van der Waals surface area contributed by atoms with Crippen molar-refractivity contribution in [3.63, 3.8) is 0 Å². The zero-order valence-electron chi connectivity index (χ0n) is 12.4. The maximum atomic E-state index is 12.2. The van der Waals surface area contributed by atoms with Crippen LogP contribution in [-0.2, 0) is 12.8 Å². The Morgan fingerprint density at radius 3 is 2.75 bits per heavy atom. The van der Waals surface area contributed by atoms with Gasteiger partial charge in [0.1, 0.15) is 11.3 Å². The maximum Gasteiger partial charge on any atom is 0.573 e. The zero-order chi connectivity index (χ0) is 17.3. The van der Waals surface area contributed by atoms with Gasteiger partial charge in [-0.15, -0.1) is 13.2 Å². The molecule has 0 saturated carbocycles. The topological polar surface area (TPSA) is 71.2 Å². The summed E-state index contributed by atoms with van der Waals surface area (Å²) in [5.74, 6) is -1.14. The normalized spacial score (nSPS) is 13.5. The van der Waals surface area contributed by atoms with Crippen molar-refractivity contribution in [2.75, 3.05) is 5.32 Å². The van der Waals surface area contributed by atoms with E-state index < -0.39 is 23.6 Å². The predicted molar refractivity (Wildman–Crippen MR) is 80.2 cm³/mol. The predicted octanol–water partition coefficient (Wildman–Crippen LogP) is 3.01. The zero-order valence-corrected chi connectivity index (χ0v) is 12.4. The highest BCUT2D eigenvalue weighted by Crippen LogP contribution is 2.25. The number of benzene rings is 1. The highest BCUT2D eigenvalue weighted by Gasteiger charge is 2.31. The van der Waals surface area contributed by atoms with Crippen molar-refractivity contribution in [1.29, 1.82) is 0 Å². The summed E-state index contributed by atoms with van der Waals surface area (Å²) >= 11 is 0. The van der Waals surface area contributed by atoms with Gasteiger partial charge in [0.25, 0.3) is 11.5 Å². The molecule has 0 fully saturated rings. The van der Waals surface area contributed by atoms with Crippen molar-refractivity contribution < 1.29 is 22.7 Å². The first-order valence-electron chi connectivity index (χ1n) is 7.24. The van der Waals surface area contributed by atoms with E-state index >= 15 is 0 Å². The molecule has 1 heterocycles. The third-order valence-electron chi connectivity index (χ3n) is 3.66. The fourth-order valence-corrected chi connectivity index (χ4v) is 2.65. The van der Waals surface area contributed by atoms with Gasteiger partial charge in [-0.05, 0) is 43.0 Å². The Balaban J connectivity index is 1.81. The first-order chi connectivity index (χ1) is 11.3.